The van der Waals surface area contributed by atoms with Crippen LogP contribution in [0.25, 0.3) is 0 Å². The molecule has 0 aromatic heterocycles. The minimum absolute atomic E-state index is 0.264. The Morgan fingerprint density at radius 2 is 1.75 bits per heavy atom. The van der Waals surface area contributed by atoms with Crippen LogP contribution in [-0.2, 0) is 5.54 Å². The summed E-state index contributed by atoms with van der Waals surface area (Å²) in [7, 11) is 0. The van der Waals surface area contributed by atoms with Gasteiger partial charge in [0.1, 0.15) is 0 Å². The molecule has 1 heterocycles. The molecule has 0 radical (unpaired) electrons. The van der Waals surface area contributed by atoms with Gasteiger partial charge >= 0.3 is 0 Å². The summed E-state index contributed by atoms with van der Waals surface area (Å²) in [6, 6.07) is 11.2. The highest BCUT2D eigenvalue weighted by Crippen LogP contribution is 2.20. The summed E-state index contributed by atoms with van der Waals surface area (Å²) in [6.07, 6.45) is 1.23. The van der Waals surface area contributed by atoms with Gasteiger partial charge in [0.15, 0.2) is 0 Å². The van der Waals surface area contributed by atoms with E-state index in [4.69, 9.17) is 5.73 Å². The molecule has 1 aliphatic rings. The molecular formula is C17H29N3. The van der Waals surface area contributed by atoms with Crippen molar-refractivity contribution in [3.63, 3.8) is 0 Å². The van der Waals surface area contributed by atoms with Crippen LogP contribution >= 0.6 is 0 Å². The van der Waals surface area contributed by atoms with Crippen molar-refractivity contribution in [1.29, 1.82) is 0 Å². The molecule has 2 atom stereocenters. The van der Waals surface area contributed by atoms with Crippen LogP contribution in [0.2, 0.25) is 0 Å². The Balaban J connectivity index is 1.89. The number of hydrogen-bond acceptors (Lipinski definition) is 3. The first kappa shape index (κ1) is 15.5. The summed E-state index contributed by atoms with van der Waals surface area (Å²) >= 11 is 0. The zero-order chi connectivity index (χ0) is 14.6. The first-order valence-corrected chi connectivity index (χ1v) is 7.83. The van der Waals surface area contributed by atoms with Gasteiger partial charge in [-0.15, -0.1) is 0 Å². The van der Waals surface area contributed by atoms with E-state index in [-0.39, 0.29) is 5.54 Å². The van der Waals surface area contributed by atoms with Crippen molar-refractivity contribution < 1.29 is 0 Å². The van der Waals surface area contributed by atoms with Crippen molar-refractivity contribution in [3.05, 3.63) is 35.9 Å². The van der Waals surface area contributed by atoms with Gasteiger partial charge < -0.3 is 5.73 Å². The molecule has 0 saturated carbocycles. The second-order valence-electron chi connectivity index (χ2n) is 6.35. The first-order valence-electron chi connectivity index (χ1n) is 7.83. The van der Waals surface area contributed by atoms with Crippen molar-refractivity contribution in [3.8, 4) is 0 Å². The van der Waals surface area contributed by atoms with Gasteiger partial charge in [-0.2, -0.15) is 0 Å². The Labute approximate surface area is 123 Å². The highest BCUT2D eigenvalue weighted by molar-refractivity contribution is 5.23. The van der Waals surface area contributed by atoms with Gasteiger partial charge in [0.2, 0.25) is 0 Å². The molecule has 1 saturated heterocycles. The van der Waals surface area contributed by atoms with Crippen LogP contribution in [0.15, 0.2) is 30.3 Å². The van der Waals surface area contributed by atoms with Crippen LogP contribution in [0.5, 0.6) is 0 Å². The SMILES string of the molecule is CCC(C)N1CCN(CC(C)(N)c2ccccc2)CC1. The van der Waals surface area contributed by atoms with E-state index in [1.807, 2.05) is 6.07 Å². The maximum absolute atomic E-state index is 6.53. The second-order valence-corrected chi connectivity index (χ2v) is 6.35. The predicted molar refractivity (Wildman–Crippen MR) is 85.7 cm³/mol. The van der Waals surface area contributed by atoms with Crippen LogP contribution in [-0.4, -0.2) is 48.6 Å². The summed E-state index contributed by atoms with van der Waals surface area (Å²) in [5.41, 5.74) is 7.50. The number of rotatable bonds is 5. The summed E-state index contributed by atoms with van der Waals surface area (Å²) < 4.78 is 0. The van der Waals surface area contributed by atoms with Crippen LogP contribution in [0.3, 0.4) is 0 Å². The van der Waals surface area contributed by atoms with Crippen molar-refractivity contribution in [2.24, 2.45) is 5.73 Å². The second kappa shape index (κ2) is 6.70. The third-order valence-electron chi connectivity index (χ3n) is 4.61. The molecule has 0 aliphatic carbocycles. The quantitative estimate of drug-likeness (QED) is 0.895. The average molecular weight is 275 g/mol. The fourth-order valence-corrected chi connectivity index (χ4v) is 3.00. The van der Waals surface area contributed by atoms with Crippen molar-refractivity contribution in [1.82, 2.24) is 9.80 Å². The van der Waals surface area contributed by atoms with Crippen molar-refractivity contribution in [2.45, 2.75) is 38.8 Å². The molecule has 0 bridgehead atoms. The van der Waals surface area contributed by atoms with Crippen molar-refractivity contribution in [2.75, 3.05) is 32.7 Å². The summed E-state index contributed by atoms with van der Waals surface area (Å²) in [5, 5.41) is 0. The van der Waals surface area contributed by atoms with Gasteiger partial charge in [-0.25, -0.2) is 0 Å². The highest BCUT2D eigenvalue weighted by atomic mass is 15.3. The van der Waals surface area contributed by atoms with Gasteiger partial charge in [0.25, 0.3) is 0 Å². The summed E-state index contributed by atoms with van der Waals surface area (Å²) in [6.45, 7) is 12.3. The Kier molecular flexibility index (Phi) is 5.19. The molecule has 1 aliphatic heterocycles. The number of hydrogen-bond donors (Lipinski definition) is 1. The zero-order valence-electron chi connectivity index (χ0n) is 13.2. The van der Waals surface area contributed by atoms with Gasteiger partial charge in [0, 0.05) is 38.8 Å². The molecule has 20 heavy (non-hydrogen) atoms. The molecule has 3 heteroatoms. The molecule has 0 spiro atoms. The Morgan fingerprint density at radius 3 is 2.30 bits per heavy atom. The predicted octanol–water partition coefficient (Wildman–Crippen LogP) is 2.28. The van der Waals surface area contributed by atoms with E-state index >= 15 is 0 Å². The largest absolute Gasteiger partial charge is 0.321 e. The number of nitrogens with zero attached hydrogens (tertiary/aromatic N) is 2. The molecule has 112 valence electrons. The minimum Gasteiger partial charge on any atom is -0.321 e. The van der Waals surface area contributed by atoms with E-state index in [1.165, 1.54) is 25.1 Å². The highest BCUT2D eigenvalue weighted by Gasteiger charge is 2.27. The van der Waals surface area contributed by atoms with Crippen LogP contribution in [0, 0.1) is 0 Å². The average Bonchev–Trinajstić information content (AvgIpc) is 2.48. The van der Waals surface area contributed by atoms with Crippen LogP contribution in [0.1, 0.15) is 32.8 Å². The van der Waals surface area contributed by atoms with E-state index in [0.717, 1.165) is 19.6 Å². The molecule has 2 N–H and O–H groups in total. The minimum atomic E-state index is -0.264. The third kappa shape index (κ3) is 3.81. The number of nitrogens with two attached hydrogens (primary N) is 1. The third-order valence-corrected chi connectivity index (χ3v) is 4.61. The van der Waals surface area contributed by atoms with Gasteiger partial charge in [-0.1, -0.05) is 37.3 Å². The fraction of sp³-hybridized carbons (Fsp3) is 0.647. The number of piperazine rings is 1. The lowest BCUT2D eigenvalue weighted by molar-refractivity contribution is 0.0867. The fourth-order valence-electron chi connectivity index (χ4n) is 3.00. The zero-order valence-corrected chi connectivity index (χ0v) is 13.2. The smallest absolute Gasteiger partial charge is 0.0509 e. The van der Waals surface area contributed by atoms with Gasteiger partial charge in [-0.05, 0) is 25.8 Å². The molecule has 1 aromatic rings. The molecule has 0 amide bonds. The Bertz CT molecular complexity index is 394. The Morgan fingerprint density at radius 1 is 1.15 bits per heavy atom. The van der Waals surface area contributed by atoms with Crippen molar-refractivity contribution >= 4 is 0 Å². The van der Waals surface area contributed by atoms with Gasteiger partial charge in [0.05, 0.1) is 5.54 Å². The lowest BCUT2D eigenvalue weighted by atomic mass is 9.92. The standard InChI is InChI=1S/C17H29N3/c1-4-15(2)20-12-10-19(11-13-20)14-17(3,18)16-8-6-5-7-9-16/h5-9,15H,4,10-14,18H2,1-3H3. The maximum atomic E-state index is 6.53. The summed E-state index contributed by atoms with van der Waals surface area (Å²) in [4.78, 5) is 5.10. The number of benzene rings is 1. The lowest BCUT2D eigenvalue weighted by Crippen LogP contribution is -2.54. The van der Waals surface area contributed by atoms with E-state index < -0.39 is 0 Å². The normalized spacial score (nSPS) is 22.4. The molecule has 1 aromatic carbocycles. The van der Waals surface area contributed by atoms with Crippen LogP contribution < -0.4 is 5.73 Å². The van der Waals surface area contributed by atoms with E-state index in [1.54, 1.807) is 0 Å². The lowest BCUT2D eigenvalue weighted by Gasteiger charge is -2.41. The van der Waals surface area contributed by atoms with Gasteiger partial charge in [-0.3, -0.25) is 9.80 Å². The van der Waals surface area contributed by atoms with E-state index in [9.17, 15) is 0 Å². The summed E-state index contributed by atoms with van der Waals surface area (Å²) in [5.74, 6) is 0. The van der Waals surface area contributed by atoms with E-state index in [0.29, 0.717) is 6.04 Å². The first-order chi connectivity index (χ1) is 9.53. The monoisotopic (exact) mass is 275 g/mol. The molecule has 2 unspecified atom stereocenters. The molecular weight excluding hydrogens is 246 g/mol. The Hall–Kier alpha value is -0.900. The maximum Gasteiger partial charge on any atom is 0.0509 e. The molecule has 3 nitrogen and oxygen atoms in total. The van der Waals surface area contributed by atoms with E-state index in [2.05, 4.69) is 54.8 Å². The molecule has 1 fully saturated rings. The molecule has 2 rings (SSSR count). The topological polar surface area (TPSA) is 32.5 Å². The van der Waals surface area contributed by atoms with Crippen LogP contribution in [0.4, 0.5) is 0 Å².